The minimum absolute atomic E-state index is 0.0799. The molecule has 5 heteroatoms. The quantitative estimate of drug-likeness (QED) is 0.448. The summed E-state index contributed by atoms with van der Waals surface area (Å²) < 4.78 is 11.0. The lowest BCUT2D eigenvalue weighted by molar-refractivity contribution is 0.0467. The lowest BCUT2D eigenvalue weighted by Crippen LogP contribution is -2.12. The van der Waals surface area contributed by atoms with Crippen LogP contribution in [0.2, 0.25) is 0 Å². The molecule has 0 atom stereocenters. The Balaban J connectivity index is 1.78. The largest absolute Gasteiger partial charge is 0.493 e. The number of rotatable bonds is 7. The van der Waals surface area contributed by atoms with Gasteiger partial charge in [-0.1, -0.05) is 42.5 Å². The molecule has 0 amide bonds. The maximum Gasteiger partial charge on any atom is 0.339 e. The van der Waals surface area contributed by atoms with Crippen LogP contribution in [0, 0.1) is 0 Å². The maximum absolute atomic E-state index is 12.6. The highest BCUT2D eigenvalue weighted by Gasteiger charge is 2.20. The molecule has 0 fully saturated rings. The summed E-state index contributed by atoms with van der Waals surface area (Å²) in [5.41, 5.74) is 1.39. The van der Waals surface area contributed by atoms with E-state index < -0.39 is 5.97 Å². The predicted octanol–water partition coefficient (Wildman–Crippen LogP) is 4.73. The standard InChI is InChI=1S/C21H18O4S/c1-2-24-18-11-6-3-8-15(18)14-25-21(23)17-10-5-4-9-16(17)20(22)19-12-7-13-26-19/h3-13H,2,14H2,1H3. The molecule has 0 saturated carbocycles. The van der Waals surface area contributed by atoms with E-state index in [1.165, 1.54) is 11.3 Å². The van der Waals surface area contributed by atoms with E-state index in [4.69, 9.17) is 9.47 Å². The van der Waals surface area contributed by atoms with Crippen LogP contribution in [0.1, 0.15) is 38.1 Å². The normalized spacial score (nSPS) is 10.3. The lowest BCUT2D eigenvalue weighted by atomic mass is 10.0. The van der Waals surface area contributed by atoms with Crippen molar-refractivity contribution in [2.24, 2.45) is 0 Å². The molecule has 0 N–H and O–H groups in total. The summed E-state index contributed by atoms with van der Waals surface area (Å²) in [7, 11) is 0. The highest BCUT2D eigenvalue weighted by Crippen LogP contribution is 2.22. The van der Waals surface area contributed by atoms with Gasteiger partial charge in [0.15, 0.2) is 0 Å². The van der Waals surface area contributed by atoms with Gasteiger partial charge in [0.05, 0.1) is 17.0 Å². The van der Waals surface area contributed by atoms with Crippen molar-refractivity contribution < 1.29 is 19.1 Å². The Morgan fingerprint density at radius 1 is 0.923 bits per heavy atom. The number of esters is 1. The van der Waals surface area contributed by atoms with Gasteiger partial charge < -0.3 is 9.47 Å². The first-order valence-corrected chi connectivity index (χ1v) is 9.13. The number of thiophene rings is 1. The van der Waals surface area contributed by atoms with Crippen LogP contribution in [-0.4, -0.2) is 18.4 Å². The highest BCUT2D eigenvalue weighted by atomic mass is 32.1. The molecule has 0 bridgehead atoms. The van der Waals surface area contributed by atoms with Crippen LogP contribution in [0.5, 0.6) is 5.75 Å². The van der Waals surface area contributed by atoms with E-state index in [9.17, 15) is 9.59 Å². The van der Waals surface area contributed by atoms with E-state index in [0.29, 0.717) is 22.8 Å². The van der Waals surface area contributed by atoms with Gasteiger partial charge in [-0.2, -0.15) is 0 Å². The van der Waals surface area contributed by atoms with Crippen molar-refractivity contribution in [3.63, 3.8) is 0 Å². The van der Waals surface area contributed by atoms with Crippen molar-refractivity contribution in [2.45, 2.75) is 13.5 Å². The summed E-state index contributed by atoms with van der Waals surface area (Å²) in [5, 5.41) is 1.83. The van der Waals surface area contributed by atoms with Crippen LogP contribution < -0.4 is 4.74 Å². The first-order valence-electron chi connectivity index (χ1n) is 8.25. The third-order valence-corrected chi connectivity index (χ3v) is 4.64. The van der Waals surface area contributed by atoms with E-state index >= 15 is 0 Å². The Hall–Kier alpha value is -2.92. The minimum Gasteiger partial charge on any atom is -0.493 e. The Morgan fingerprint density at radius 2 is 1.65 bits per heavy atom. The van der Waals surface area contributed by atoms with Crippen molar-refractivity contribution in [3.8, 4) is 5.75 Å². The fourth-order valence-electron chi connectivity index (χ4n) is 2.54. The fourth-order valence-corrected chi connectivity index (χ4v) is 3.22. The zero-order valence-electron chi connectivity index (χ0n) is 14.3. The molecule has 1 heterocycles. The zero-order chi connectivity index (χ0) is 18.4. The van der Waals surface area contributed by atoms with Gasteiger partial charge in [0.2, 0.25) is 5.78 Å². The minimum atomic E-state index is -0.531. The first-order chi connectivity index (χ1) is 12.7. The second-order valence-electron chi connectivity index (χ2n) is 5.47. The van der Waals surface area contributed by atoms with Crippen LogP contribution in [-0.2, 0) is 11.3 Å². The van der Waals surface area contributed by atoms with E-state index in [-0.39, 0.29) is 18.0 Å². The zero-order valence-corrected chi connectivity index (χ0v) is 15.1. The smallest absolute Gasteiger partial charge is 0.339 e. The molecule has 132 valence electrons. The van der Waals surface area contributed by atoms with Crippen LogP contribution in [0.15, 0.2) is 66.0 Å². The van der Waals surface area contributed by atoms with E-state index in [1.54, 1.807) is 30.3 Å². The monoisotopic (exact) mass is 366 g/mol. The molecule has 0 aliphatic rings. The molecule has 3 aromatic rings. The second-order valence-corrected chi connectivity index (χ2v) is 6.42. The van der Waals surface area contributed by atoms with Crippen LogP contribution in [0.25, 0.3) is 0 Å². The molecular formula is C21H18O4S. The molecule has 0 saturated heterocycles. The number of carbonyl (C=O) groups is 2. The van der Waals surface area contributed by atoms with E-state index in [1.807, 2.05) is 42.6 Å². The summed E-state index contributed by atoms with van der Waals surface area (Å²) in [6, 6.07) is 17.7. The molecular weight excluding hydrogens is 348 g/mol. The van der Waals surface area contributed by atoms with Crippen LogP contribution in [0.4, 0.5) is 0 Å². The number of ketones is 1. The molecule has 4 nitrogen and oxygen atoms in total. The molecule has 2 aromatic carbocycles. The average Bonchev–Trinajstić information content (AvgIpc) is 3.21. The number of para-hydroxylation sites is 1. The number of hydrogen-bond donors (Lipinski definition) is 0. The van der Waals surface area contributed by atoms with Gasteiger partial charge in [0.1, 0.15) is 12.4 Å². The molecule has 3 rings (SSSR count). The van der Waals surface area contributed by atoms with Gasteiger partial charge in [-0.15, -0.1) is 11.3 Å². The Bertz CT molecular complexity index is 900. The third-order valence-electron chi connectivity index (χ3n) is 3.77. The molecule has 26 heavy (non-hydrogen) atoms. The van der Waals surface area contributed by atoms with Gasteiger partial charge in [-0.3, -0.25) is 4.79 Å². The average molecular weight is 366 g/mol. The number of hydrogen-bond acceptors (Lipinski definition) is 5. The topological polar surface area (TPSA) is 52.6 Å². The number of carbonyl (C=O) groups excluding carboxylic acids is 2. The van der Waals surface area contributed by atoms with E-state index in [0.717, 1.165) is 5.56 Å². The summed E-state index contributed by atoms with van der Waals surface area (Å²) in [5.74, 6) is -0.0233. The number of benzene rings is 2. The molecule has 0 aliphatic carbocycles. The Morgan fingerprint density at radius 3 is 2.38 bits per heavy atom. The molecule has 1 aromatic heterocycles. The summed E-state index contributed by atoms with van der Waals surface area (Å²) in [6.45, 7) is 2.51. The Kier molecular flexibility index (Phi) is 5.81. The maximum atomic E-state index is 12.6. The van der Waals surface area contributed by atoms with Gasteiger partial charge in [-0.05, 0) is 30.5 Å². The van der Waals surface area contributed by atoms with Gasteiger partial charge in [0, 0.05) is 11.1 Å². The highest BCUT2D eigenvalue weighted by molar-refractivity contribution is 7.12. The van der Waals surface area contributed by atoms with Crippen LogP contribution in [0.3, 0.4) is 0 Å². The van der Waals surface area contributed by atoms with Crippen molar-refractivity contribution in [1.29, 1.82) is 0 Å². The molecule has 0 radical (unpaired) electrons. The van der Waals surface area contributed by atoms with Crippen LogP contribution >= 0.6 is 11.3 Å². The summed E-state index contributed by atoms with van der Waals surface area (Å²) in [4.78, 5) is 25.8. The first kappa shape index (κ1) is 17.9. The SMILES string of the molecule is CCOc1ccccc1COC(=O)c1ccccc1C(=O)c1cccs1. The number of ether oxygens (including phenoxy) is 2. The van der Waals surface area contributed by atoms with Crippen molar-refractivity contribution >= 4 is 23.1 Å². The molecule has 0 unspecified atom stereocenters. The second kappa shape index (κ2) is 8.45. The van der Waals surface area contributed by atoms with Gasteiger partial charge >= 0.3 is 5.97 Å². The lowest BCUT2D eigenvalue weighted by Gasteiger charge is -2.11. The van der Waals surface area contributed by atoms with Crippen molar-refractivity contribution in [1.82, 2.24) is 0 Å². The third kappa shape index (κ3) is 4.00. The van der Waals surface area contributed by atoms with Gasteiger partial charge in [0.25, 0.3) is 0 Å². The van der Waals surface area contributed by atoms with Crippen molar-refractivity contribution in [2.75, 3.05) is 6.61 Å². The summed E-state index contributed by atoms with van der Waals surface area (Å²) >= 11 is 1.35. The van der Waals surface area contributed by atoms with E-state index in [2.05, 4.69) is 0 Å². The summed E-state index contributed by atoms with van der Waals surface area (Å²) in [6.07, 6.45) is 0. The van der Waals surface area contributed by atoms with Crippen molar-refractivity contribution in [3.05, 3.63) is 87.6 Å². The fraction of sp³-hybridized carbons (Fsp3) is 0.143. The Labute approximate surface area is 156 Å². The molecule has 0 spiro atoms. The van der Waals surface area contributed by atoms with Gasteiger partial charge in [-0.25, -0.2) is 4.79 Å². The molecule has 0 aliphatic heterocycles. The predicted molar refractivity (Wildman–Crippen MR) is 101 cm³/mol.